The number of aliphatic hydroxyl groups excluding tert-OH is 5. The van der Waals surface area contributed by atoms with Gasteiger partial charge >= 0.3 is 0 Å². The normalized spacial score (nSPS) is 20.5. The molecule has 6 N–H and O–H groups in total. The summed E-state index contributed by atoms with van der Waals surface area (Å²) in [6.45, 7) is 3.57. The molecule has 1 amide bonds. The Morgan fingerprint density at radius 1 is 0.507 bits per heavy atom. The van der Waals surface area contributed by atoms with E-state index in [2.05, 4.69) is 129 Å². The first-order chi connectivity index (χ1) is 33.8. The van der Waals surface area contributed by atoms with Crippen LogP contribution in [0.15, 0.2) is 122 Å². The molecule has 0 radical (unpaired) electrons. The smallest absolute Gasteiger partial charge is 0.220 e. The minimum atomic E-state index is -1.57. The van der Waals surface area contributed by atoms with E-state index in [0.29, 0.717) is 6.42 Å². The summed E-state index contributed by atoms with van der Waals surface area (Å²) >= 11 is 0. The van der Waals surface area contributed by atoms with Crippen molar-refractivity contribution in [1.82, 2.24) is 5.32 Å². The second-order valence-electron chi connectivity index (χ2n) is 18.3. The van der Waals surface area contributed by atoms with Crippen molar-refractivity contribution in [3.63, 3.8) is 0 Å². The van der Waals surface area contributed by atoms with Crippen molar-refractivity contribution in [3.8, 4) is 0 Å². The molecule has 1 aliphatic heterocycles. The van der Waals surface area contributed by atoms with Crippen molar-refractivity contribution in [2.75, 3.05) is 13.2 Å². The van der Waals surface area contributed by atoms with E-state index >= 15 is 0 Å². The molecule has 1 aliphatic rings. The van der Waals surface area contributed by atoms with Gasteiger partial charge in [-0.15, -0.1) is 0 Å². The third kappa shape index (κ3) is 38.0. The first-order valence-electron chi connectivity index (χ1n) is 27.3. The van der Waals surface area contributed by atoms with Crippen LogP contribution in [0.2, 0.25) is 0 Å². The van der Waals surface area contributed by atoms with Gasteiger partial charge in [-0.25, -0.2) is 0 Å². The van der Waals surface area contributed by atoms with Gasteiger partial charge in [0.15, 0.2) is 6.29 Å². The molecule has 1 saturated heterocycles. The van der Waals surface area contributed by atoms with E-state index in [1.807, 2.05) is 6.08 Å². The molecule has 0 saturated carbocycles. The van der Waals surface area contributed by atoms with Crippen molar-refractivity contribution in [2.24, 2.45) is 0 Å². The van der Waals surface area contributed by atoms with Crippen molar-refractivity contribution in [2.45, 2.75) is 236 Å². The maximum atomic E-state index is 12.9. The van der Waals surface area contributed by atoms with Gasteiger partial charge in [-0.3, -0.25) is 4.79 Å². The molecule has 0 spiro atoms. The molecule has 0 bridgehead atoms. The van der Waals surface area contributed by atoms with E-state index in [-0.39, 0.29) is 12.5 Å². The SMILES string of the molecule is CC/C=C\C/C=C\C/C=C\C/C=C\C/C=C\C/C=C\C/C=C\C/C=C\C/C=C\CCCCCCCCCCCCCC(=O)NC(COC1OC(CO)C(O)C(O)C1O)C(O)/C=C/CCCCCCC. The summed E-state index contributed by atoms with van der Waals surface area (Å²) in [5.74, 6) is -0.191. The minimum Gasteiger partial charge on any atom is -0.394 e. The van der Waals surface area contributed by atoms with Gasteiger partial charge in [0.25, 0.3) is 0 Å². The lowest BCUT2D eigenvalue weighted by atomic mass is 9.99. The number of hydrogen-bond acceptors (Lipinski definition) is 8. The lowest BCUT2D eigenvalue weighted by Crippen LogP contribution is -2.60. The quantitative estimate of drug-likeness (QED) is 0.0261. The Kier molecular flexibility index (Phi) is 44.5. The number of rotatable bonds is 44. The highest BCUT2D eigenvalue weighted by atomic mass is 16.7. The van der Waals surface area contributed by atoms with Crippen LogP contribution in [0.3, 0.4) is 0 Å². The van der Waals surface area contributed by atoms with E-state index in [0.717, 1.165) is 103 Å². The maximum absolute atomic E-state index is 12.9. The molecule has 7 atom stereocenters. The fourth-order valence-corrected chi connectivity index (χ4v) is 7.74. The van der Waals surface area contributed by atoms with Crippen LogP contribution >= 0.6 is 0 Å². The predicted molar refractivity (Wildman–Crippen MR) is 290 cm³/mol. The Hall–Kier alpha value is -3.41. The molecule has 0 aromatic heterocycles. The third-order valence-corrected chi connectivity index (χ3v) is 12.0. The fraction of sp³-hybridized carbons (Fsp3) is 0.650. The standard InChI is InChI=1S/C60H99NO8/c1-3-5-7-9-11-12-13-14-15-16-17-18-19-20-21-22-23-24-25-26-27-28-29-30-31-32-33-34-35-36-37-38-39-40-41-42-44-46-48-50-56(64)61-53(54(63)49-47-45-43-10-8-6-4-2)52-68-60-59(67)58(66)57(65)55(51-62)69-60/h5,7,11-12,14-15,17-18,20-21,23-24,26-27,29-30,32-33,47,49,53-55,57-60,62-63,65-67H,3-4,6,8-10,13,16,19,22,25,28,31,34-46,48,50-52H2,1-2H3,(H,61,64)/b7-5-,12-11-,15-14-,18-17-,21-20-,24-23-,27-26-,30-29-,33-32-,49-47+. The van der Waals surface area contributed by atoms with E-state index in [9.17, 15) is 30.3 Å². The molecule has 9 heteroatoms. The molecule has 7 unspecified atom stereocenters. The van der Waals surface area contributed by atoms with Gasteiger partial charge in [0, 0.05) is 6.42 Å². The molecular formula is C60H99NO8. The Morgan fingerprint density at radius 2 is 0.899 bits per heavy atom. The highest BCUT2D eigenvalue weighted by Crippen LogP contribution is 2.22. The van der Waals surface area contributed by atoms with E-state index in [1.54, 1.807) is 6.08 Å². The minimum absolute atomic E-state index is 0.191. The number of hydrogen-bond donors (Lipinski definition) is 6. The Labute approximate surface area is 420 Å². The summed E-state index contributed by atoms with van der Waals surface area (Å²) in [4.78, 5) is 12.9. The zero-order chi connectivity index (χ0) is 50.1. The first kappa shape index (κ1) is 63.6. The van der Waals surface area contributed by atoms with Crippen LogP contribution in [0, 0.1) is 0 Å². The van der Waals surface area contributed by atoms with Gasteiger partial charge in [-0.05, 0) is 89.9 Å². The van der Waals surface area contributed by atoms with E-state index < -0.39 is 49.5 Å². The van der Waals surface area contributed by atoms with Crippen molar-refractivity contribution < 1.29 is 39.8 Å². The number of nitrogens with one attached hydrogen (secondary N) is 1. The molecule has 9 nitrogen and oxygen atoms in total. The maximum Gasteiger partial charge on any atom is 0.220 e. The van der Waals surface area contributed by atoms with Crippen LogP contribution in [0.4, 0.5) is 0 Å². The number of carbonyl (C=O) groups is 1. The summed E-state index contributed by atoms with van der Waals surface area (Å²) in [6, 6.07) is -0.810. The number of ether oxygens (including phenoxy) is 2. The lowest BCUT2D eigenvalue weighted by Gasteiger charge is -2.40. The number of unbranched alkanes of at least 4 members (excludes halogenated alkanes) is 16. The third-order valence-electron chi connectivity index (χ3n) is 12.0. The monoisotopic (exact) mass is 962 g/mol. The molecule has 0 aliphatic carbocycles. The van der Waals surface area contributed by atoms with Crippen LogP contribution in [0.1, 0.15) is 194 Å². The largest absolute Gasteiger partial charge is 0.394 e. The van der Waals surface area contributed by atoms with Gasteiger partial charge < -0.3 is 40.3 Å². The van der Waals surface area contributed by atoms with Gasteiger partial charge in [0.05, 0.1) is 25.4 Å². The Morgan fingerprint density at radius 3 is 1.33 bits per heavy atom. The Bertz CT molecular complexity index is 1490. The highest BCUT2D eigenvalue weighted by Gasteiger charge is 2.44. The molecule has 1 heterocycles. The van der Waals surface area contributed by atoms with Crippen molar-refractivity contribution >= 4 is 5.91 Å². The summed E-state index contributed by atoms with van der Waals surface area (Å²) in [6.07, 6.45) is 65.8. The predicted octanol–water partition coefficient (Wildman–Crippen LogP) is 13.2. The zero-order valence-corrected chi connectivity index (χ0v) is 43.3. The van der Waals surface area contributed by atoms with Gasteiger partial charge in [-0.1, -0.05) is 219 Å². The zero-order valence-electron chi connectivity index (χ0n) is 43.3. The second-order valence-corrected chi connectivity index (χ2v) is 18.3. The van der Waals surface area contributed by atoms with Crippen LogP contribution in [-0.2, 0) is 14.3 Å². The summed E-state index contributed by atoms with van der Waals surface area (Å²) in [5.41, 5.74) is 0. The molecule has 69 heavy (non-hydrogen) atoms. The number of allylic oxidation sites excluding steroid dienone is 19. The van der Waals surface area contributed by atoms with Gasteiger partial charge in [0.2, 0.25) is 5.91 Å². The fourth-order valence-electron chi connectivity index (χ4n) is 7.74. The first-order valence-corrected chi connectivity index (χ1v) is 27.3. The molecule has 392 valence electrons. The summed E-state index contributed by atoms with van der Waals surface area (Å²) < 4.78 is 11.2. The van der Waals surface area contributed by atoms with Crippen LogP contribution in [0.5, 0.6) is 0 Å². The van der Waals surface area contributed by atoms with Crippen LogP contribution < -0.4 is 5.32 Å². The molecule has 0 aromatic rings. The second kappa shape index (κ2) is 48.2. The van der Waals surface area contributed by atoms with Crippen molar-refractivity contribution in [3.05, 3.63) is 122 Å². The van der Waals surface area contributed by atoms with Gasteiger partial charge in [-0.2, -0.15) is 0 Å². The van der Waals surface area contributed by atoms with E-state index in [4.69, 9.17) is 9.47 Å². The lowest BCUT2D eigenvalue weighted by molar-refractivity contribution is -0.302. The molecule has 1 rings (SSSR count). The van der Waals surface area contributed by atoms with Crippen LogP contribution in [-0.4, -0.2) is 87.5 Å². The molecular weight excluding hydrogens is 863 g/mol. The molecule has 1 fully saturated rings. The molecule has 0 aromatic carbocycles. The van der Waals surface area contributed by atoms with Crippen LogP contribution in [0.25, 0.3) is 0 Å². The summed E-state index contributed by atoms with van der Waals surface area (Å²) in [5, 5.41) is 54.0. The summed E-state index contributed by atoms with van der Waals surface area (Å²) in [7, 11) is 0. The number of amides is 1. The average Bonchev–Trinajstić information content (AvgIpc) is 3.35. The van der Waals surface area contributed by atoms with Gasteiger partial charge in [0.1, 0.15) is 24.4 Å². The topological polar surface area (TPSA) is 149 Å². The number of carbonyl (C=O) groups excluding carboxylic acids is 1. The highest BCUT2D eigenvalue weighted by molar-refractivity contribution is 5.76. The van der Waals surface area contributed by atoms with Crippen molar-refractivity contribution in [1.29, 1.82) is 0 Å². The number of aliphatic hydroxyl groups is 5. The van der Waals surface area contributed by atoms with E-state index in [1.165, 1.54) is 70.6 Å². The Balaban J connectivity index is 2.08. The average molecular weight is 962 g/mol.